The fourth-order valence-electron chi connectivity index (χ4n) is 2.08. The molecule has 3 nitrogen and oxygen atoms in total. The summed E-state index contributed by atoms with van der Waals surface area (Å²) in [7, 11) is 0. The quantitative estimate of drug-likeness (QED) is 0.795. The zero-order valence-electron chi connectivity index (χ0n) is 10.0. The number of amides is 1. The van der Waals surface area contributed by atoms with E-state index in [1.165, 1.54) is 11.8 Å². The number of hydrogen-bond acceptors (Lipinski definition) is 3. The highest BCUT2D eigenvalue weighted by Gasteiger charge is 2.26. The normalized spacial score (nSPS) is 13.8. The number of thioether (sulfide) groups is 1. The van der Waals surface area contributed by atoms with Crippen LogP contribution in [-0.2, 0) is 4.79 Å². The molecule has 0 fully saturated rings. The van der Waals surface area contributed by atoms with Crippen molar-refractivity contribution in [1.82, 2.24) is 0 Å². The van der Waals surface area contributed by atoms with Gasteiger partial charge >= 0.3 is 0 Å². The number of hydrogen-bond donors (Lipinski definition) is 0. The van der Waals surface area contributed by atoms with Gasteiger partial charge in [0, 0.05) is 10.6 Å². The Morgan fingerprint density at radius 3 is 2.68 bits per heavy atom. The molecule has 1 amide bonds. The second-order valence-corrected chi connectivity index (χ2v) is 5.16. The summed E-state index contributed by atoms with van der Waals surface area (Å²) in [5.74, 6) is 0.463. The third kappa shape index (κ3) is 2.09. The molecule has 0 atom stereocenters. The maximum atomic E-state index is 12.2. The monoisotopic (exact) mass is 266 g/mol. The third-order valence-corrected chi connectivity index (χ3v) is 3.97. The van der Waals surface area contributed by atoms with E-state index in [1.807, 2.05) is 42.5 Å². The second-order valence-electron chi connectivity index (χ2n) is 4.15. The van der Waals surface area contributed by atoms with Crippen LogP contribution in [-0.4, -0.2) is 11.7 Å². The van der Waals surface area contributed by atoms with Gasteiger partial charge in [-0.1, -0.05) is 18.2 Å². The predicted octanol–water partition coefficient (Wildman–Crippen LogP) is 3.33. The van der Waals surface area contributed by atoms with Gasteiger partial charge in [-0.3, -0.25) is 9.69 Å². The fourth-order valence-corrected chi connectivity index (χ4v) is 3.01. The molecule has 2 aromatic carbocycles. The minimum absolute atomic E-state index is 0.0633. The maximum absolute atomic E-state index is 12.2. The number of nitrogens with zero attached hydrogens (tertiary/aromatic N) is 2. The van der Waals surface area contributed by atoms with Crippen molar-refractivity contribution in [3.8, 4) is 6.07 Å². The molecule has 1 aliphatic rings. The molecular formula is C15H10N2OS. The number of carbonyl (C=O) groups is 1. The molecule has 19 heavy (non-hydrogen) atoms. The van der Waals surface area contributed by atoms with Gasteiger partial charge in [0.25, 0.3) is 0 Å². The summed E-state index contributed by atoms with van der Waals surface area (Å²) >= 11 is 1.48. The lowest BCUT2D eigenvalue weighted by Crippen LogP contribution is -2.30. The van der Waals surface area contributed by atoms with Crippen LogP contribution in [0.4, 0.5) is 11.4 Å². The van der Waals surface area contributed by atoms with Crippen molar-refractivity contribution in [3.05, 3.63) is 54.1 Å². The van der Waals surface area contributed by atoms with E-state index < -0.39 is 0 Å². The highest BCUT2D eigenvalue weighted by Crippen LogP contribution is 2.39. The van der Waals surface area contributed by atoms with Gasteiger partial charge in [0.05, 0.1) is 23.1 Å². The number of anilines is 2. The number of rotatable bonds is 1. The number of para-hydroxylation sites is 1. The molecule has 4 heteroatoms. The van der Waals surface area contributed by atoms with Crippen LogP contribution in [0.2, 0.25) is 0 Å². The fraction of sp³-hybridized carbons (Fsp3) is 0.0667. The Kier molecular flexibility index (Phi) is 2.98. The van der Waals surface area contributed by atoms with Crippen LogP contribution >= 0.6 is 11.8 Å². The van der Waals surface area contributed by atoms with E-state index in [-0.39, 0.29) is 5.91 Å². The lowest BCUT2D eigenvalue weighted by Gasteiger charge is -2.29. The summed E-state index contributed by atoms with van der Waals surface area (Å²) in [6, 6.07) is 17.1. The van der Waals surface area contributed by atoms with Gasteiger partial charge in [-0.2, -0.15) is 5.26 Å². The van der Waals surface area contributed by atoms with Crippen molar-refractivity contribution in [2.45, 2.75) is 4.90 Å². The van der Waals surface area contributed by atoms with Crippen LogP contribution in [0, 0.1) is 11.3 Å². The Morgan fingerprint density at radius 1 is 1.16 bits per heavy atom. The van der Waals surface area contributed by atoms with E-state index in [1.54, 1.807) is 11.0 Å². The molecule has 0 aromatic heterocycles. The summed E-state index contributed by atoms with van der Waals surface area (Å²) in [5, 5.41) is 8.93. The Hall–Kier alpha value is -2.25. The summed E-state index contributed by atoms with van der Waals surface area (Å²) in [6.45, 7) is 0. The molecule has 3 rings (SSSR count). The SMILES string of the molecule is N#Cc1ccc2c(c1)SCC(=O)N2c1ccccc1. The van der Waals surface area contributed by atoms with Crippen LogP contribution in [0.1, 0.15) is 5.56 Å². The average molecular weight is 266 g/mol. The minimum atomic E-state index is 0.0633. The zero-order chi connectivity index (χ0) is 13.2. The van der Waals surface area contributed by atoms with Crippen LogP contribution in [0.5, 0.6) is 0 Å². The molecule has 0 spiro atoms. The molecule has 1 heterocycles. The molecule has 2 aromatic rings. The van der Waals surface area contributed by atoms with E-state index in [0.717, 1.165) is 16.3 Å². The summed E-state index contributed by atoms with van der Waals surface area (Å²) in [4.78, 5) is 14.8. The summed E-state index contributed by atoms with van der Waals surface area (Å²) in [5.41, 5.74) is 2.33. The standard InChI is InChI=1S/C15H10N2OS/c16-9-11-6-7-13-14(8-11)19-10-15(18)17(13)12-4-2-1-3-5-12/h1-8H,10H2. The Morgan fingerprint density at radius 2 is 1.95 bits per heavy atom. The van der Waals surface area contributed by atoms with Gasteiger partial charge in [-0.25, -0.2) is 0 Å². The zero-order valence-corrected chi connectivity index (χ0v) is 10.9. The van der Waals surface area contributed by atoms with Crippen molar-refractivity contribution >= 4 is 29.0 Å². The average Bonchev–Trinajstić information content (AvgIpc) is 2.47. The van der Waals surface area contributed by atoms with Crippen LogP contribution in [0.25, 0.3) is 0 Å². The lowest BCUT2D eigenvalue weighted by atomic mass is 10.2. The topological polar surface area (TPSA) is 44.1 Å². The minimum Gasteiger partial charge on any atom is -0.279 e. The van der Waals surface area contributed by atoms with Gasteiger partial charge in [0.2, 0.25) is 5.91 Å². The Balaban J connectivity index is 2.13. The number of carbonyl (C=O) groups excluding carboxylic acids is 1. The Bertz CT molecular complexity index is 676. The van der Waals surface area contributed by atoms with Crippen molar-refractivity contribution in [2.75, 3.05) is 10.7 Å². The molecule has 1 aliphatic heterocycles. The van der Waals surface area contributed by atoms with Crippen LogP contribution < -0.4 is 4.90 Å². The van der Waals surface area contributed by atoms with Crippen molar-refractivity contribution in [2.24, 2.45) is 0 Å². The van der Waals surface area contributed by atoms with Crippen LogP contribution in [0.3, 0.4) is 0 Å². The number of fused-ring (bicyclic) bond motifs is 1. The molecule has 0 aliphatic carbocycles. The van der Waals surface area contributed by atoms with E-state index in [0.29, 0.717) is 11.3 Å². The van der Waals surface area contributed by atoms with Crippen LogP contribution in [0.15, 0.2) is 53.4 Å². The van der Waals surface area contributed by atoms with Gasteiger partial charge in [-0.15, -0.1) is 11.8 Å². The van der Waals surface area contributed by atoms with Crippen molar-refractivity contribution in [3.63, 3.8) is 0 Å². The first-order valence-corrected chi connectivity index (χ1v) is 6.83. The molecule has 0 radical (unpaired) electrons. The van der Waals surface area contributed by atoms with Gasteiger partial charge < -0.3 is 0 Å². The third-order valence-electron chi connectivity index (χ3n) is 2.94. The number of benzene rings is 2. The molecule has 0 unspecified atom stereocenters. The Labute approximate surface area is 115 Å². The molecule has 0 N–H and O–H groups in total. The van der Waals surface area contributed by atoms with Crippen molar-refractivity contribution in [1.29, 1.82) is 5.26 Å². The molecule has 0 bridgehead atoms. The molecular weight excluding hydrogens is 256 g/mol. The maximum Gasteiger partial charge on any atom is 0.241 e. The first-order valence-electron chi connectivity index (χ1n) is 5.84. The first kappa shape index (κ1) is 11.8. The summed E-state index contributed by atoms with van der Waals surface area (Å²) in [6.07, 6.45) is 0. The van der Waals surface area contributed by atoms with Gasteiger partial charge in [-0.05, 0) is 30.3 Å². The smallest absolute Gasteiger partial charge is 0.241 e. The first-order chi connectivity index (χ1) is 9.29. The molecule has 0 saturated heterocycles. The van der Waals surface area contributed by atoms with Gasteiger partial charge in [0.15, 0.2) is 0 Å². The highest BCUT2D eigenvalue weighted by molar-refractivity contribution is 8.00. The van der Waals surface area contributed by atoms with E-state index >= 15 is 0 Å². The van der Waals surface area contributed by atoms with E-state index in [4.69, 9.17) is 5.26 Å². The largest absolute Gasteiger partial charge is 0.279 e. The van der Waals surface area contributed by atoms with Crippen molar-refractivity contribution < 1.29 is 4.79 Å². The molecule has 0 saturated carbocycles. The highest BCUT2D eigenvalue weighted by atomic mass is 32.2. The van der Waals surface area contributed by atoms with E-state index in [2.05, 4.69) is 6.07 Å². The summed E-state index contributed by atoms with van der Waals surface area (Å²) < 4.78 is 0. The van der Waals surface area contributed by atoms with E-state index in [9.17, 15) is 4.79 Å². The van der Waals surface area contributed by atoms with Gasteiger partial charge in [0.1, 0.15) is 0 Å². The number of nitriles is 1. The second kappa shape index (κ2) is 4.79. The predicted molar refractivity (Wildman–Crippen MR) is 75.5 cm³/mol. The molecule has 92 valence electrons. The lowest BCUT2D eigenvalue weighted by molar-refractivity contribution is -0.115.